The van der Waals surface area contributed by atoms with E-state index in [1.165, 1.54) is 42.4 Å². The highest BCUT2D eigenvalue weighted by Crippen LogP contribution is 2.16. The first-order valence-electron chi connectivity index (χ1n) is 10.3. The molecule has 0 saturated carbocycles. The Labute approximate surface area is 193 Å². The van der Waals surface area contributed by atoms with Crippen molar-refractivity contribution in [3.63, 3.8) is 0 Å². The summed E-state index contributed by atoms with van der Waals surface area (Å²) in [7, 11) is -3.19. The molecule has 1 aromatic carbocycles. The van der Waals surface area contributed by atoms with E-state index in [1.54, 1.807) is 13.1 Å². The predicted octanol–water partition coefficient (Wildman–Crippen LogP) is 0.861. The summed E-state index contributed by atoms with van der Waals surface area (Å²) >= 11 is 0. The molecule has 0 amide bonds. The van der Waals surface area contributed by atoms with Gasteiger partial charge in [0, 0.05) is 0 Å². The van der Waals surface area contributed by atoms with Crippen LogP contribution in [0.3, 0.4) is 0 Å². The van der Waals surface area contributed by atoms with Crippen molar-refractivity contribution in [3.05, 3.63) is 42.0 Å². The summed E-state index contributed by atoms with van der Waals surface area (Å²) in [6.07, 6.45) is 5.57. The number of allylic oxidation sites excluding steroid dienone is 1. The van der Waals surface area contributed by atoms with Gasteiger partial charge >= 0.3 is 35.3 Å². The molecular weight excluding hydrogens is 455 g/mol. The number of carbonyl (C=O) groups excluding carboxylic acids is 3. The number of likely N-dealkylation sites (N-methyl/N-ethyl adjacent to an activating group) is 1. The second kappa shape index (κ2) is 12.4. The van der Waals surface area contributed by atoms with Crippen LogP contribution in [0.5, 0.6) is 5.75 Å². The van der Waals surface area contributed by atoms with Crippen LogP contribution in [-0.2, 0) is 33.9 Å². The van der Waals surface area contributed by atoms with E-state index < -0.39 is 41.3 Å². The second-order valence-electron chi connectivity index (χ2n) is 7.29. The Balaban J connectivity index is 2.19. The van der Waals surface area contributed by atoms with Crippen molar-refractivity contribution in [2.45, 2.75) is 32.1 Å². The lowest BCUT2D eigenvalue weighted by Crippen LogP contribution is -2.53. The minimum atomic E-state index is -4.44. The van der Waals surface area contributed by atoms with Crippen molar-refractivity contribution in [3.8, 4) is 5.75 Å². The highest BCUT2D eigenvalue weighted by molar-refractivity contribution is 7.85. The molecule has 0 radical (unpaired) electrons. The van der Waals surface area contributed by atoms with Gasteiger partial charge in [-0.05, 0) is 37.7 Å². The third-order valence-electron chi connectivity index (χ3n) is 4.42. The monoisotopic (exact) mass is 482 g/mol. The predicted molar refractivity (Wildman–Crippen MR) is 118 cm³/mol. The number of esters is 1. The van der Waals surface area contributed by atoms with Crippen molar-refractivity contribution in [1.82, 2.24) is 9.62 Å². The zero-order valence-electron chi connectivity index (χ0n) is 18.7. The van der Waals surface area contributed by atoms with Gasteiger partial charge in [0.25, 0.3) is 0 Å². The van der Waals surface area contributed by atoms with Crippen LogP contribution in [0.2, 0.25) is 0 Å². The Morgan fingerprint density at radius 3 is 2.36 bits per heavy atom. The maximum Gasteiger partial charge on any atom is 0.622 e. The summed E-state index contributed by atoms with van der Waals surface area (Å²) in [5.74, 6) is -3.24. The summed E-state index contributed by atoms with van der Waals surface area (Å²) in [5.41, 5.74) is 0.213. The summed E-state index contributed by atoms with van der Waals surface area (Å²) < 4.78 is 47.5. The minimum absolute atomic E-state index is 0.0721. The molecule has 1 aliphatic heterocycles. The number of carbonyl (C=O) groups is 3. The van der Waals surface area contributed by atoms with Crippen molar-refractivity contribution in [2.24, 2.45) is 0 Å². The maximum absolute atomic E-state index is 12.6. The van der Waals surface area contributed by atoms with E-state index in [2.05, 4.69) is 9.46 Å². The highest BCUT2D eigenvalue weighted by Gasteiger charge is 2.41. The Morgan fingerprint density at radius 1 is 1.21 bits per heavy atom. The number of nitrogens with zero attached hydrogens (tertiary/aromatic N) is 1. The number of nitrogens with one attached hydrogen (secondary N) is 1. The Hall–Kier alpha value is -2.90. The van der Waals surface area contributed by atoms with Crippen molar-refractivity contribution >= 4 is 35.3 Å². The minimum Gasteiger partial charge on any atom is -0.497 e. The molecule has 1 heterocycles. The SMILES string of the molecule is CCCC/C=C/C(NS(=O)(=O)Oc1ccc(C(=O)OC)cc1)B1OC(=O)CN(C)CC(=O)O1. The van der Waals surface area contributed by atoms with E-state index in [4.69, 9.17) is 13.5 Å². The molecule has 180 valence electrons. The molecule has 0 aromatic heterocycles. The van der Waals surface area contributed by atoms with Gasteiger partial charge in [-0.25, -0.2) is 4.79 Å². The molecule has 1 aliphatic rings. The van der Waals surface area contributed by atoms with Crippen molar-refractivity contribution in [1.29, 1.82) is 0 Å². The Morgan fingerprint density at radius 2 is 1.82 bits per heavy atom. The molecule has 0 spiro atoms. The van der Waals surface area contributed by atoms with Gasteiger partial charge in [-0.1, -0.05) is 31.9 Å². The fourth-order valence-electron chi connectivity index (χ4n) is 2.83. The number of benzene rings is 1. The number of hydrogen-bond acceptors (Lipinski definition) is 10. The zero-order chi connectivity index (χ0) is 24.4. The fourth-order valence-corrected chi connectivity index (χ4v) is 3.77. The van der Waals surface area contributed by atoms with Crippen LogP contribution in [0, 0.1) is 0 Å². The summed E-state index contributed by atoms with van der Waals surface area (Å²) in [4.78, 5) is 37.1. The van der Waals surface area contributed by atoms with E-state index >= 15 is 0 Å². The highest BCUT2D eigenvalue weighted by atomic mass is 32.2. The number of methoxy groups -OCH3 is 1. The average molecular weight is 482 g/mol. The van der Waals surface area contributed by atoms with Crippen LogP contribution in [0.1, 0.15) is 36.5 Å². The van der Waals surface area contributed by atoms with Crippen LogP contribution in [0.25, 0.3) is 0 Å². The maximum atomic E-state index is 12.6. The first kappa shape index (κ1) is 26.4. The molecular formula is C20H27BN2O9S. The molecule has 1 atom stereocenters. The lowest BCUT2D eigenvalue weighted by atomic mass is 9.78. The van der Waals surface area contributed by atoms with Gasteiger partial charge in [0.05, 0.1) is 25.8 Å². The molecule has 1 saturated heterocycles. The standard InChI is InChI=1S/C20H27BN2O9S/c1-4-5-6-7-8-17(21-30-18(24)13-23(2)14-19(25)31-21)22-33(27,28)32-16-11-9-15(10-12-16)20(26)29-3/h7-12,17,22H,4-6,13-14H2,1-3H3/b8-7+. The summed E-state index contributed by atoms with van der Waals surface area (Å²) in [6, 6.07) is 5.24. The fraction of sp³-hybridized carbons (Fsp3) is 0.450. The van der Waals surface area contributed by atoms with E-state index in [9.17, 15) is 22.8 Å². The van der Waals surface area contributed by atoms with Crippen LogP contribution in [0.4, 0.5) is 0 Å². The molecule has 0 aliphatic carbocycles. The van der Waals surface area contributed by atoms with Crippen LogP contribution >= 0.6 is 0 Å². The molecule has 1 aromatic rings. The van der Waals surface area contributed by atoms with E-state index in [1.807, 2.05) is 6.92 Å². The average Bonchev–Trinajstić information content (AvgIpc) is 2.73. The number of hydrogen-bond donors (Lipinski definition) is 1. The zero-order valence-corrected chi connectivity index (χ0v) is 19.5. The van der Waals surface area contributed by atoms with Gasteiger partial charge in [-0.2, -0.15) is 13.1 Å². The molecule has 0 bridgehead atoms. The smallest absolute Gasteiger partial charge is 0.497 e. The van der Waals surface area contributed by atoms with Gasteiger partial charge in [-0.15, -0.1) is 0 Å². The van der Waals surface area contributed by atoms with Gasteiger partial charge in [0.1, 0.15) is 11.7 Å². The lowest BCUT2D eigenvalue weighted by molar-refractivity contribution is -0.145. The normalized spacial score (nSPS) is 16.5. The Kier molecular flexibility index (Phi) is 9.88. The molecule has 33 heavy (non-hydrogen) atoms. The molecule has 1 N–H and O–H groups in total. The third kappa shape index (κ3) is 8.87. The van der Waals surface area contributed by atoms with E-state index in [0.29, 0.717) is 6.42 Å². The van der Waals surface area contributed by atoms with Crippen molar-refractivity contribution in [2.75, 3.05) is 27.2 Å². The van der Waals surface area contributed by atoms with Gasteiger partial charge in [-0.3, -0.25) is 14.5 Å². The molecule has 2 rings (SSSR count). The number of unbranched alkanes of at least 4 members (excludes halogenated alkanes) is 2. The number of rotatable bonds is 10. The topological polar surface area (TPSA) is 138 Å². The van der Waals surface area contributed by atoms with Crippen LogP contribution in [-0.4, -0.2) is 71.5 Å². The van der Waals surface area contributed by atoms with Gasteiger partial charge in [0.15, 0.2) is 0 Å². The summed E-state index contributed by atoms with van der Waals surface area (Å²) in [6.45, 7) is 1.68. The summed E-state index contributed by atoms with van der Waals surface area (Å²) in [5, 5.41) is 0. The molecule has 13 heteroatoms. The molecule has 1 fully saturated rings. The number of ether oxygens (including phenoxy) is 1. The first-order valence-corrected chi connectivity index (χ1v) is 11.7. The first-order chi connectivity index (χ1) is 15.6. The van der Waals surface area contributed by atoms with E-state index in [0.717, 1.165) is 12.8 Å². The van der Waals surface area contributed by atoms with Gasteiger partial charge in [0.2, 0.25) is 0 Å². The van der Waals surface area contributed by atoms with E-state index in [-0.39, 0.29) is 24.4 Å². The van der Waals surface area contributed by atoms with Crippen molar-refractivity contribution < 1.29 is 41.0 Å². The second-order valence-corrected chi connectivity index (χ2v) is 8.60. The van der Waals surface area contributed by atoms with Gasteiger partial charge < -0.3 is 18.2 Å². The largest absolute Gasteiger partial charge is 0.622 e. The van der Waals surface area contributed by atoms with Crippen LogP contribution in [0.15, 0.2) is 36.4 Å². The van der Waals surface area contributed by atoms with Crippen LogP contribution < -0.4 is 8.91 Å². The molecule has 11 nitrogen and oxygen atoms in total. The molecule has 1 unspecified atom stereocenters. The quantitative estimate of drug-likeness (QED) is 0.221. The third-order valence-corrected chi connectivity index (χ3v) is 5.39. The lowest BCUT2D eigenvalue weighted by Gasteiger charge is -2.26. The Bertz CT molecular complexity index is 946.